The van der Waals surface area contributed by atoms with Crippen molar-refractivity contribution in [1.82, 2.24) is 15.1 Å². The molecule has 3 aliphatic rings. The van der Waals surface area contributed by atoms with E-state index in [0.717, 1.165) is 37.8 Å². The Morgan fingerprint density at radius 1 is 1.25 bits per heavy atom. The van der Waals surface area contributed by atoms with Crippen molar-refractivity contribution in [1.29, 1.82) is 0 Å². The first-order chi connectivity index (χ1) is 13.5. The van der Waals surface area contributed by atoms with Crippen molar-refractivity contribution in [2.24, 2.45) is 15.9 Å². The van der Waals surface area contributed by atoms with Gasteiger partial charge in [0.15, 0.2) is 0 Å². The average molecular weight is 386 g/mol. The Morgan fingerprint density at radius 3 is 2.89 bits per heavy atom. The summed E-state index contributed by atoms with van der Waals surface area (Å²) >= 11 is 0. The number of carbonyl (C=O) groups excluding carboxylic acids is 3. The molecule has 1 aliphatic carbocycles. The van der Waals surface area contributed by atoms with Crippen LogP contribution < -0.4 is 10.6 Å². The van der Waals surface area contributed by atoms with Crippen LogP contribution in [0.2, 0.25) is 0 Å². The van der Waals surface area contributed by atoms with Crippen molar-refractivity contribution in [3.05, 3.63) is 11.8 Å². The lowest BCUT2D eigenvalue weighted by Gasteiger charge is -2.15. The SMILES string of the molecule is Cc1cc(NC(=O)C(=O)NCC2CCCO2)n(C2=NC(=O)C3CCCC3=N2)n1. The van der Waals surface area contributed by atoms with Gasteiger partial charge in [-0.25, -0.2) is 4.99 Å². The molecule has 3 heterocycles. The lowest BCUT2D eigenvalue weighted by atomic mass is 10.1. The van der Waals surface area contributed by atoms with E-state index in [-0.39, 0.29) is 29.7 Å². The van der Waals surface area contributed by atoms with Crippen molar-refractivity contribution in [2.75, 3.05) is 18.5 Å². The molecule has 2 unspecified atom stereocenters. The van der Waals surface area contributed by atoms with E-state index < -0.39 is 11.8 Å². The van der Waals surface area contributed by atoms with E-state index in [1.807, 2.05) is 0 Å². The molecule has 10 nitrogen and oxygen atoms in total. The number of rotatable bonds is 3. The van der Waals surface area contributed by atoms with Gasteiger partial charge in [0.1, 0.15) is 5.82 Å². The quantitative estimate of drug-likeness (QED) is 0.728. The summed E-state index contributed by atoms with van der Waals surface area (Å²) in [7, 11) is 0. The second-order valence-corrected chi connectivity index (χ2v) is 7.18. The number of fused-ring (bicyclic) bond motifs is 1. The first-order valence-electron chi connectivity index (χ1n) is 9.49. The van der Waals surface area contributed by atoms with Crippen LogP contribution >= 0.6 is 0 Å². The van der Waals surface area contributed by atoms with Crippen LogP contribution in [-0.4, -0.2) is 58.4 Å². The van der Waals surface area contributed by atoms with E-state index >= 15 is 0 Å². The van der Waals surface area contributed by atoms with Crippen LogP contribution in [0.1, 0.15) is 37.8 Å². The third-order valence-electron chi connectivity index (χ3n) is 5.06. The molecule has 0 aromatic carbocycles. The maximum Gasteiger partial charge on any atom is 0.314 e. The Balaban J connectivity index is 1.46. The van der Waals surface area contributed by atoms with Gasteiger partial charge in [-0.3, -0.25) is 14.4 Å². The Kier molecular flexibility index (Phi) is 5.03. The van der Waals surface area contributed by atoms with Crippen LogP contribution in [-0.2, 0) is 19.1 Å². The van der Waals surface area contributed by atoms with Crippen LogP contribution in [0, 0.1) is 12.8 Å². The minimum Gasteiger partial charge on any atom is -0.376 e. The van der Waals surface area contributed by atoms with E-state index in [1.54, 1.807) is 13.0 Å². The maximum absolute atomic E-state index is 12.3. The summed E-state index contributed by atoms with van der Waals surface area (Å²) in [6, 6.07) is 1.60. The zero-order chi connectivity index (χ0) is 19.7. The average Bonchev–Trinajstić information content (AvgIpc) is 3.40. The van der Waals surface area contributed by atoms with E-state index in [2.05, 4.69) is 25.7 Å². The summed E-state index contributed by atoms with van der Waals surface area (Å²) in [5.41, 5.74) is 1.40. The number of nitrogens with zero attached hydrogens (tertiary/aromatic N) is 4. The van der Waals surface area contributed by atoms with Gasteiger partial charge in [-0.05, 0) is 39.0 Å². The largest absolute Gasteiger partial charge is 0.376 e. The van der Waals surface area contributed by atoms with Gasteiger partial charge in [-0.2, -0.15) is 14.8 Å². The van der Waals surface area contributed by atoms with Crippen LogP contribution in [0.5, 0.6) is 0 Å². The zero-order valence-electron chi connectivity index (χ0n) is 15.6. The normalized spacial score (nSPS) is 23.8. The lowest BCUT2D eigenvalue weighted by Crippen LogP contribution is -2.40. The number of carbonyl (C=O) groups is 3. The van der Waals surface area contributed by atoms with Gasteiger partial charge < -0.3 is 15.4 Å². The van der Waals surface area contributed by atoms with Gasteiger partial charge >= 0.3 is 11.8 Å². The molecule has 148 valence electrons. The molecule has 28 heavy (non-hydrogen) atoms. The Morgan fingerprint density at radius 2 is 2.11 bits per heavy atom. The van der Waals surface area contributed by atoms with Crippen LogP contribution in [0.4, 0.5) is 5.82 Å². The number of aliphatic imine (C=N–C) groups is 2. The van der Waals surface area contributed by atoms with E-state index in [9.17, 15) is 14.4 Å². The second kappa shape index (κ2) is 7.63. The molecule has 4 rings (SSSR count). The summed E-state index contributed by atoms with van der Waals surface area (Å²) in [6.07, 6.45) is 4.19. The zero-order valence-corrected chi connectivity index (χ0v) is 15.6. The van der Waals surface area contributed by atoms with Gasteiger partial charge in [-0.1, -0.05) is 0 Å². The number of amides is 3. The number of aryl methyl sites for hydroxylation is 1. The molecule has 2 atom stereocenters. The van der Waals surface area contributed by atoms with Crippen molar-refractivity contribution in [3.8, 4) is 0 Å². The fourth-order valence-electron chi connectivity index (χ4n) is 3.66. The molecular formula is C18H22N6O4. The summed E-state index contributed by atoms with van der Waals surface area (Å²) in [5.74, 6) is -1.71. The minimum atomic E-state index is -0.826. The summed E-state index contributed by atoms with van der Waals surface area (Å²) in [4.78, 5) is 45.1. The minimum absolute atomic E-state index is 0.0534. The van der Waals surface area contributed by atoms with Gasteiger partial charge in [0.2, 0.25) is 0 Å². The summed E-state index contributed by atoms with van der Waals surface area (Å²) in [6.45, 7) is 2.70. The first kappa shape index (κ1) is 18.5. The molecule has 3 amide bonds. The Labute approximate surface area is 161 Å². The van der Waals surface area contributed by atoms with Crippen LogP contribution in [0.15, 0.2) is 16.1 Å². The highest BCUT2D eigenvalue weighted by Gasteiger charge is 2.34. The monoisotopic (exact) mass is 386 g/mol. The van der Waals surface area contributed by atoms with E-state index in [1.165, 1.54) is 4.68 Å². The second-order valence-electron chi connectivity index (χ2n) is 7.18. The summed E-state index contributed by atoms with van der Waals surface area (Å²) < 4.78 is 6.72. The maximum atomic E-state index is 12.3. The number of nitrogens with one attached hydrogen (secondary N) is 2. The van der Waals surface area contributed by atoms with E-state index in [4.69, 9.17) is 4.74 Å². The first-order valence-corrected chi connectivity index (χ1v) is 9.49. The van der Waals surface area contributed by atoms with Gasteiger partial charge in [0.05, 0.1) is 17.7 Å². The van der Waals surface area contributed by atoms with E-state index in [0.29, 0.717) is 18.8 Å². The number of hydrogen-bond donors (Lipinski definition) is 2. The molecule has 10 heteroatoms. The standard InChI is InChI=1S/C18H22N6O4/c1-10-8-14(21-17(27)16(26)19-9-11-4-3-7-28-11)24(23-10)18-20-13-6-2-5-12(13)15(25)22-18/h8,11-12H,2-7,9H2,1H3,(H,19,26)(H,21,27). The van der Waals surface area contributed by atoms with Crippen molar-refractivity contribution in [2.45, 2.75) is 45.1 Å². The number of aromatic nitrogens is 2. The number of anilines is 1. The number of ether oxygens (including phenoxy) is 1. The molecule has 1 saturated heterocycles. The Hall–Kier alpha value is -2.88. The Bertz CT molecular complexity index is 881. The van der Waals surface area contributed by atoms with Gasteiger partial charge in [0, 0.05) is 24.9 Å². The highest BCUT2D eigenvalue weighted by atomic mass is 16.5. The molecule has 0 spiro atoms. The van der Waals surface area contributed by atoms with Gasteiger partial charge in [0.25, 0.3) is 11.9 Å². The van der Waals surface area contributed by atoms with Crippen LogP contribution in [0.25, 0.3) is 0 Å². The predicted molar refractivity (Wildman–Crippen MR) is 100 cm³/mol. The molecule has 1 aromatic rings. The third-order valence-corrected chi connectivity index (χ3v) is 5.06. The highest BCUT2D eigenvalue weighted by Crippen LogP contribution is 2.27. The third kappa shape index (κ3) is 3.72. The molecule has 2 N–H and O–H groups in total. The molecule has 1 aromatic heterocycles. The van der Waals surface area contributed by atoms with Crippen molar-refractivity contribution >= 4 is 35.2 Å². The lowest BCUT2D eigenvalue weighted by molar-refractivity contribution is -0.136. The van der Waals surface area contributed by atoms with Crippen LogP contribution in [0.3, 0.4) is 0 Å². The highest BCUT2D eigenvalue weighted by molar-refractivity contribution is 6.39. The van der Waals surface area contributed by atoms with Gasteiger partial charge in [-0.15, -0.1) is 0 Å². The molecule has 0 bridgehead atoms. The topological polar surface area (TPSA) is 127 Å². The number of hydrogen-bond acceptors (Lipinski definition) is 6. The molecule has 2 aliphatic heterocycles. The fraction of sp³-hybridized carbons (Fsp3) is 0.556. The molecule has 2 fully saturated rings. The predicted octanol–water partition coefficient (Wildman–Crippen LogP) is 0.411. The fourth-order valence-corrected chi connectivity index (χ4v) is 3.66. The smallest absolute Gasteiger partial charge is 0.314 e. The molecule has 0 radical (unpaired) electrons. The van der Waals surface area contributed by atoms with Crippen molar-refractivity contribution < 1.29 is 19.1 Å². The molecular weight excluding hydrogens is 364 g/mol. The van der Waals surface area contributed by atoms with Crippen molar-refractivity contribution in [3.63, 3.8) is 0 Å². The summed E-state index contributed by atoms with van der Waals surface area (Å²) in [5, 5.41) is 9.36. The molecule has 1 saturated carbocycles.